The largest absolute Gasteiger partial charge is 0.340 e. The van der Waals surface area contributed by atoms with Crippen LogP contribution in [-0.2, 0) is 4.79 Å². The number of para-hydroxylation sites is 1. The SMILES string of the molecule is Cc1cccc(C(=O)NC(C(=O)Nc2nc3c(C)cccc3s2)C(C)C)c1. The number of carbonyl (C=O) groups is 2. The molecule has 0 spiro atoms. The molecule has 3 aromatic rings. The fourth-order valence-corrected chi connectivity index (χ4v) is 3.82. The van der Waals surface area contributed by atoms with Gasteiger partial charge in [0.1, 0.15) is 6.04 Å². The summed E-state index contributed by atoms with van der Waals surface area (Å²) >= 11 is 1.43. The summed E-state index contributed by atoms with van der Waals surface area (Å²) in [6.07, 6.45) is 0. The van der Waals surface area contributed by atoms with Gasteiger partial charge in [-0.1, -0.05) is 55.0 Å². The molecule has 6 heteroatoms. The molecule has 1 atom stereocenters. The molecule has 1 aromatic heterocycles. The fraction of sp³-hybridized carbons (Fsp3) is 0.286. The highest BCUT2D eigenvalue weighted by Crippen LogP contribution is 2.28. The van der Waals surface area contributed by atoms with Crippen LogP contribution in [0.3, 0.4) is 0 Å². The summed E-state index contributed by atoms with van der Waals surface area (Å²) in [5.41, 5.74) is 3.50. The Morgan fingerprint density at radius 1 is 1.07 bits per heavy atom. The van der Waals surface area contributed by atoms with Gasteiger partial charge in [0.15, 0.2) is 5.13 Å². The number of nitrogens with zero attached hydrogens (tertiary/aromatic N) is 1. The molecule has 1 unspecified atom stereocenters. The van der Waals surface area contributed by atoms with Crippen LogP contribution in [-0.4, -0.2) is 22.8 Å². The second kappa shape index (κ2) is 7.88. The number of benzene rings is 2. The first kappa shape index (κ1) is 19.0. The summed E-state index contributed by atoms with van der Waals surface area (Å²) in [4.78, 5) is 29.9. The van der Waals surface area contributed by atoms with Crippen molar-refractivity contribution in [3.8, 4) is 0 Å². The minimum Gasteiger partial charge on any atom is -0.340 e. The molecule has 140 valence electrons. The van der Waals surface area contributed by atoms with Crippen LogP contribution >= 0.6 is 11.3 Å². The van der Waals surface area contributed by atoms with Crippen LogP contribution in [0.5, 0.6) is 0 Å². The molecule has 0 fully saturated rings. The smallest absolute Gasteiger partial charge is 0.251 e. The Balaban J connectivity index is 1.76. The molecule has 0 radical (unpaired) electrons. The van der Waals surface area contributed by atoms with Gasteiger partial charge in [-0.25, -0.2) is 4.98 Å². The van der Waals surface area contributed by atoms with Gasteiger partial charge in [-0.05, 0) is 43.5 Å². The summed E-state index contributed by atoms with van der Waals surface area (Å²) in [5.74, 6) is -0.578. The van der Waals surface area contributed by atoms with Crippen LogP contribution in [0, 0.1) is 19.8 Å². The Hall–Kier alpha value is -2.73. The lowest BCUT2D eigenvalue weighted by molar-refractivity contribution is -0.118. The van der Waals surface area contributed by atoms with Crippen LogP contribution in [0.15, 0.2) is 42.5 Å². The molecule has 0 aliphatic rings. The number of carbonyl (C=O) groups excluding carboxylic acids is 2. The van der Waals surface area contributed by atoms with Gasteiger partial charge in [0.05, 0.1) is 10.2 Å². The maximum absolute atomic E-state index is 12.8. The quantitative estimate of drug-likeness (QED) is 0.692. The van der Waals surface area contributed by atoms with Crippen molar-refractivity contribution in [3.05, 3.63) is 59.2 Å². The molecule has 0 aliphatic carbocycles. The van der Waals surface area contributed by atoms with Gasteiger partial charge in [-0.15, -0.1) is 0 Å². The fourth-order valence-electron chi connectivity index (χ4n) is 2.87. The number of aromatic nitrogens is 1. The van der Waals surface area contributed by atoms with E-state index in [4.69, 9.17) is 0 Å². The number of fused-ring (bicyclic) bond motifs is 1. The average molecular weight is 382 g/mol. The number of hydrogen-bond acceptors (Lipinski definition) is 4. The van der Waals surface area contributed by atoms with Crippen molar-refractivity contribution in [2.45, 2.75) is 33.7 Å². The number of rotatable bonds is 5. The lowest BCUT2D eigenvalue weighted by atomic mass is 10.0. The monoisotopic (exact) mass is 381 g/mol. The molecule has 27 heavy (non-hydrogen) atoms. The topological polar surface area (TPSA) is 71.1 Å². The van der Waals surface area contributed by atoms with Gasteiger partial charge in [-0.3, -0.25) is 9.59 Å². The highest BCUT2D eigenvalue weighted by Gasteiger charge is 2.25. The molecule has 1 heterocycles. The standard InChI is InChI=1S/C21H23N3O2S/c1-12(2)17(22-19(25)15-9-5-7-13(3)11-15)20(26)24-21-23-18-14(4)8-6-10-16(18)27-21/h5-12,17H,1-4H3,(H,22,25)(H,23,24,26). The predicted molar refractivity (Wildman–Crippen MR) is 110 cm³/mol. The van der Waals surface area contributed by atoms with Crippen molar-refractivity contribution in [2.75, 3.05) is 5.32 Å². The molecular formula is C21H23N3O2S. The Morgan fingerprint density at radius 2 is 1.81 bits per heavy atom. The van der Waals surface area contributed by atoms with Crippen LogP contribution in [0.4, 0.5) is 5.13 Å². The van der Waals surface area contributed by atoms with Crippen molar-refractivity contribution in [2.24, 2.45) is 5.92 Å². The summed E-state index contributed by atoms with van der Waals surface area (Å²) in [6.45, 7) is 7.73. The first-order chi connectivity index (χ1) is 12.8. The predicted octanol–water partition coefficient (Wildman–Crippen LogP) is 4.31. The van der Waals surface area contributed by atoms with Crippen molar-refractivity contribution in [3.63, 3.8) is 0 Å². The van der Waals surface area contributed by atoms with E-state index in [9.17, 15) is 9.59 Å². The van der Waals surface area contributed by atoms with Gasteiger partial charge in [0, 0.05) is 5.56 Å². The van der Waals surface area contributed by atoms with E-state index in [0.29, 0.717) is 10.7 Å². The third kappa shape index (κ3) is 4.34. The Kier molecular flexibility index (Phi) is 5.56. The van der Waals surface area contributed by atoms with Gasteiger partial charge in [-0.2, -0.15) is 0 Å². The molecular weight excluding hydrogens is 358 g/mol. The van der Waals surface area contributed by atoms with Crippen molar-refractivity contribution >= 4 is 38.5 Å². The summed E-state index contributed by atoms with van der Waals surface area (Å²) in [6, 6.07) is 12.6. The maximum atomic E-state index is 12.8. The molecule has 2 amide bonds. The molecule has 2 aromatic carbocycles. The zero-order valence-corrected chi connectivity index (χ0v) is 16.7. The normalized spacial score (nSPS) is 12.2. The average Bonchev–Trinajstić information content (AvgIpc) is 3.03. The third-order valence-electron chi connectivity index (χ3n) is 4.37. The number of hydrogen-bond donors (Lipinski definition) is 2. The molecule has 0 aliphatic heterocycles. The lowest BCUT2D eigenvalue weighted by Gasteiger charge is -2.21. The first-order valence-corrected chi connectivity index (χ1v) is 9.71. The lowest BCUT2D eigenvalue weighted by Crippen LogP contribution is -2.47. The zero-order chi connectivity index (χ0) is 19.6. The summed E-state index contributed by atoms with van der Waals surface area (Å²) in [5, 5.41) is 6.25. The van der Waals surface area contributed by atoms with E-state index in [1.165, 1.54) is 11.3 Å². The van der Waals surface area contributed by atoms with Crippen LogP contribution in [0.1, 0.15) is 35.3 Å². The van der Waals surface area contributed by atoms with E-state index >= 15 is 0 Å². The molecule has 2 N–H and O–H groups in total. The highest BCUT2D eigenvalue weighted by atomic mass is 32.1. The number of nitrogens with one attached hydrogen (secondary N) is 2. The Morgan fingerprint density at radius 3 is 2.48 bits per heavy atom. The van der Waals surface area contributed by atoms with Gasteiger partial charge in [0.2, 0.25) is 5.91 Å². The van der Waals surface area contributed by atoms with E-state index in [-0.39, 0.29) is 17.7 Å². The third-order valence-corrected chi connectivity index (χ3v) is 5.30. The van der Waals surface area contributed by atoms with E-state index in [1.807, 2.05) is 58.0 Å². The molecule has 0 saturated heterocycles. The molecule has 3 rings (SSSR count). The highest BCUT2D eigenvalue weighted by molar-refractivity contribution is 7.22. The second-order valence-electron chi connectivity index (χ2n) is 6.99. The number of amides is 2. The Bertz CT molecular complexity index is 994. The minimum absolute atomic E-state index is 0.0603. The van der Waals surface area contributed by atoms with E-state index in [0.717, 1.165) is 21.3 Å². The number of aryl methyl sites for hydroxylation is 2. The van der Waals surface area contributed by atoms with Crippen molar-refractivity contribution in [1.82, 2.24) is 10.3 Å². The van der Waals surface area contributed by atoms with E-state index < -0.39 is 6.04 Å². The van der Waals surface area contributed by atoms with Crippen LogP contribution in [0.25, 0.3) is 10.2 Å². The molecule has 0 saturated carbocycles. The van der Waals surface area contributed by atoms with Crippen LogP contribution < -0.4 is 10.6 Å². The molecule has 5 nitrogen and oxygen atoms in total. The van der Waals surface area contributed by atoms with Gasteiger partial charge < -0.3 is 10.6 Å². The van der Waals surface area contributed by atoms with E-state index in [2.05, 4.69) is 15.6 Å². The minimum atomic E-state index is -0.647. The van der Waals surface area contributed by atoms with Gasteiger partial charge in [0.25, 0.3) is 5.91 Å². The van der Waals surface area contributed by atoms with Crippen molar-refractivity contribution in [1.29, 1.82) is 0 Å². The second-order valence-corrected chi connectivity index (χ2v) is 8.03. The molecule has 0 bridgehead atoms. The number of thiazole rings is 1. The van der Waals surface area contributed by atoms with Gasteiger partial charge >= 0.3 is 0 Å². The maximum Gasteiger partial charge on any atom is 0.251 e. The Labute approximate surface area is 162 Å². The van der Waals surface area contributed by atoms with Crippen molar-refractivity contribution < 1.29 is 9.59 Å². The van der Waals surface area contributed by atoms with E-state index in [1.54, 1.807) is 12.1 Å². The summed E-state index contributed by atoms with van der Waals surface area (Å²) < 4.78 is 1.02. The first-order valence-electron chi connectivity index (χ1n) is 8.89. The number of anilines is 1. The zero-order valence-electron chi connectivity index (χ0n) is 15.9. The summed E-state index contributed by atoms with van der Waals surface area (Å²) in [7, 11) is 0. The van der Waals surface area contributed by atoms with Crippen LogP contribution in [0.2, 0.25) is 0 Å².